The molecule has 0 aliphatic carbocycles. The minimum atomic E-state index is -1.07. The van der Waals surface area contributed by atoms with Crippen molar-refractivity contribution in [3.63, 3.8) is 0 Å². The van der Waals surface area contributed by atoms with Crippen LogP contribution in [0.15, 0.2) is 18.2 Å². The number of carbonyl (C=O) groups excluding carboxylic acids is 3. The van der Waals surface area contributed by atoms with E-state index in [0.29, 0.717) is 24.9 Å². The van der Waals surface area contributed by atoms with Crippen LogP contribution in [-0.2, 0) is 19.1 Å². The summed E-state index contributed by atoms with van der Waals surface area (Å²) in [5, 5.41) is 15.3. The number of rotatable bonds is 6. The Labute approximate surface area is 182 Å². The zero-order chi connectivity index (χ0) is 22.6. The summed E-state index contributed by atoms with van der Waals surface area (Å²) in [6.07, 6.45) is 1.73. The lowest BCUT2D eigenvalue weighted by Gasteiger charge is -2.33. The van der Waals surface area contributed by atoms with Crippen LogP contribution in [0.2, 0.25) is 0 Å². The highest BCUT2D eigenvalue weighted by Gasteiger charge is 2.78. The summed E-state index contributed by atoms with van der Waals surface area (Å²) >= 11 is 0. The summed E-state index contributed by atoms with van der Waals surface area (Å²) in [5.74, 6) is -2.26. The summed E-state index contributed by atoms with van der Waals surface area (Å²) < 4.78 is 6.56. The highest BCUT2D eigenvalue weighted by Crippen LogP contribution is 2.64. The number of β-amino-alcohol motifs (C(OH)–C–C–N with tert-alkyl or cyclic N) is 1. The van der Waals surface area contributed by atoms with Crippen LogP contribution in [0.1, 0.15) is 37.3 Å². The number of aliphatic hydroxyl groups excluding tert-OH is 1. The summed E-state index contributed by atoms with van der Waals surface area (Å²) in [6, 6.07) is 4.89. The summed E-state index contributed by atoms with van der Waals surface area (Å²) in [4.78, 5) is 41.4. The molecule has 2 unspecified atom stereocenters. The lowest BCUT2D eigenvalue weighted by molar-refractivity contribution is -0.146. The second-order valence-electron chi connectivity index (χ2n) is 9.01. The maximum Gasteiger partial charge on any atom is 0.250 e. The van der Waals surface area contributed by atoms with E-state index in [1.165, 1.54) is 4.90 Å². The van der Waals surface area contributed by atoms with Crippen LogP contribution in [0, 0.1) is 25.7 Å². The van der Waals surface area contributed by atoms with Crippen LogP contribution in [0.4, 0.5) is 5.69 Å². The third-order valence-corrected chi connectivity index (χ3v) is 7.45. The van der Waals surface area contributed by atoms with E-state index in [4.69, 9.17) is 4.74 Å². The van der Waals surface area contributed by atoms with Gasteiger partial charge in [-0.2, -0.15) is 0 Å². The molecule has 8 nitrogen and oxygen atoms in total. The van der Waals surface area contributed by atoms with Gasteiger partial charge in [-0.05, 0) is 50.3 Å². The van der Waals surface area contributed by atoms with E-state index in [1.54, 1.807) is 7.05 Å². The summed E-state index contributed by atoms with van der Waals surface area (Å²) in [6.45, 7) is 5.56. The van der Waals surface area contributed by atoms with Gasteiger partial charge in [-0.1, -0.05) is 19.1 Å². The third-order valence-electron chi connectivity index (χ3n) is 7.45. The number of benzene rings is 1. The average molecular weight is 430 g/mol. The Hall–Kier alpha value is -2.45. The van der Waals surface area contributed by atoms with Crippen molar-refractivity contribution in [2.24, 2.45) is 11.8 Å². The van der Waals surface area contributed by atoms with E-state index < -0.39 is 29.1 Å². The van der Waals surface area contributed by atoms with E-state index in [2.05, 4.69) is 10.6 Å². The molecule has 1 spiro atoms. The zero-order valence-corrected chi connectivity index (χ0v) is 18.5. The fourth-order valence-electron chi connectivity index (χ4n) is 5.99. The number of amides is 3. The second kappa shape index (κ2) is 7.60. The molecule has 1 aromatic carbocycles. The van der Waals surface area contributed by atoms with Crippen LogP contribution < -0.4 is 10.6 Å². The fraction of sp³-hybridized carbons (Fsp3) is 0.609. The number of nitrogens with one attached hydrogen (secondary N) is 2. The molecule has 3 fully saturated rings. The van der Waals surface area contributed by atoms with Crippen molar-refractivity contribution in [1.29, 1.82) is 0 Å². The van der Waals surface area contributed by atoms with E-state index in [0.717, 1.165) is 11.1 Å². The van der Waals surface area contributed by atoms with Gasteiger partial charge in [0, 0.05) is 19.3 Å². The zero-order valence-electron chi connectivity index (χ0n) is 18.5. The van der Waals surface area contributed by atoms with Gasteiger partial charge in [0.05, 0.1) is 24.0 Å². The molecule has 0 saturated carbocycles. The standard InChI is InChI=1S/C23H31N3O5/c1-5-22-8-9-23(31-22)17(16(22)19(28)24-4)21(30)26(10-11-27)18(23)20(29)25-15-12-13(2)6-7-14(15)3/h6-7,12,16-18,27H,5,8-11H2,1-4H3,(H,24,28)(H,25,29)/t16-,17+,18?,22+,23?/m1/s1. The molecule has 2 bridgehead atoms. The molecule has 3 aliphatic heterocycles. The molecule has 3 N–H and O–H groups in total. The summed E-state index contributed by atoms with van der Waals surface area (Å²) in [7, 11) is 1.56. The van der Waals surface area contributed by atoms with Crippen LogP contribution in [0.5, 0.6) is 0 Å². The van der Waals surface area contributed by atoms with Gasteiger partial charge in [0.2, 0.25) is 17.7 Å². The van der Waals surface area contributed by atoms with Gasteiger partial charge in [-0.15, -0.1) is 0 Å². The van der Waals surface area contributed by atoms with Gasteiger partial charge >= 0.3 is 0 Å². The van der Waals surface area contributed by atoms with Crippen molar-refractivity contribution in [3.05, 3.63) is 29.3 Å². The molecule has 8 heteroatoms. The molecule has 4 rings (SSSR count). The van der Waals surface area contributed by atoms with Gasteiger partial charge in [-0.25, -0.2) is 0 Å². The fourth-order valence-corrected chi connectivity index (χ4v) is 5.99. The van der Waals surface area contributed by atoms with Gasteiger partial charge in [0.15, 0.2) is 0 Å². The number of carbonyl (C=O) groups is 3. The maximum atomic E-state index is 13.6. The minimum Gasteiger partial charge on any atom is -0.395 e. The van der Waals surface area contributed by atoms with Crippen molar-refractivity contribution in [2.45, 2.75) is 57.3 Å². The van der Waals surface area contributed by atoms with Crippen molar-refractivity contribution in [3.8, 4) is 0 Å². The molecule has 3 aliphatic rings. The molecular formula is C23H31N3O5. The molecular weight excluding hydrogens is 398 g/mol. The largest absolute Gasteiger partial charge is 0.395 e. The predicted octanol–water partition coefficient (Wildman–Crippen LogP) is 1.14. The normalized spacial score (nSPS) is 33.5. The van der Waals surface area contributed by atoms with Gasteiger partial charge in [-0.3, -0.25) is 14.4 Å². The Kier molecular flexibility index (Phi) is 5.34. The van der Waals surface area contributed by atoms with Gasteiger partial charge < -0.3 is 25.4 Å². The van der Waals surface area contributed by atoms with E-state index in [9.17, 15) is 19.5 Å². The third kappa shape index (κ3) is 2.99. The first-order valence-corrected chi connectivity index (χ1v) is 11.0. The highest BCUT2D eigenvalue weighted by molar-refractivity contribution is 6.04. The van der Waals surface area contributed by atoms with Gasteiger partial charge in [0.1, 0.15) is 11.6 Å². The first-order valence-electron chi connectivity index (χ1n) is 11.0. The smallest absolute Gasteiger partial charge is 0.250 e. The van der Waals surface area contributed by atoms with Crippen molar-refractivity contribution < 1.29 is 24.2 Å². The Morgan fingerprint density at radius 3 is 2.65 bits per heavy atom. The number of fused-ring (bicyclic) bond motifs is 1. The quantitative estimate of drug-likeness (QED) is 0.628. The monoisotopic (exact) mass is 429 g/mol. The van der Waals surface area contributed by atoms with Gasteiger partial charge in [0.25, 0.3) is 0 Å². The number of nitrogens with zero attached hydrogens (tertiary/aromatic N) is 1. The number of ether oxygens (including phenoxy) is 1. The van der Waals surface area contributed by atoms with E-state index in [1.807, 2.05) is 39.0 Å². The first-order chi connectivity index (χ1) is 14.7. The number of aryl methyl sites for hydroxylation is 2. The van der Waals surface area contributed by atoms with Crippen molar-refractivity contribution in [2.75, 3.05) is 25.5 Å². The molecule has 5 atom stereocenters. The molecule has 1 aromatic rings. The molecule has 3 amide bonds. The number of likely N-dealkylation sites (tertiary alicyclic amines) is 1. The number of hydrogen-bond donors (Lipinski definition) is 3. The lowest BCUT2D eigenvalue weighted by atomic mass is 9.65. The Morgan fingerprint density at radius 1 is 1.26 bits per heavy atom. The molecule has 3 saturated heterocycles. The number of anilines is 1. The maximum absolute atomic E-state index is 13.6. The van der Waals surface area contributed by atoms with Crippen molar-refractivity contribution in [1.82, 2.24) is 10.2 Å². The Balaban J connectivity index is 1.76. The Bertz CT molecular complexity index is 934. The number of hydrogen-bond acceptors (Lipinski definition) is 5. The molecule has 31 heavy (non-hydrogen) atoms. The molecule has 3 heterocycles. The summed E-state index contributed by atoms with van der Waals surface area (Å²) in [5.41, 5.74) is 0.789. The van der Waals surface area contributed by atoms with Crippen LogP contribution >= 0.6 is 0 Å². The molecule has 0 aromatic heterocycles. The Morgan fingerprint density at radius 2 is 2.00 bits per heavy atom. The lowest BCUT2D eigenvalue weighted by Crippen LogP contribution is -2.53. The van der Waals surface area contributed by atoms with E-state index >= 15 is 0 Å². The van der Waals surface area contributed by atoms with Crippen LogP contribution in [0.3, 0.4) is 0 Å². The van der Waals surface area contributed by atoms with Crippen molar-refractivity contribution >= 4 is 23.4 Å². The molecule has 168 valence electrons. The molecule has 0 radical (unpaired) electrons. The van der Waals surface area contributed by atoms with Crippen LogP contribution in [-0.4, -0.2) is 65.2 Å². The minimum absolute atomic E-state index is 0.0188. The number of aliphatic hydroxyl groups is 1. The first kappa shape index (κ1) is 21.8. The second-order valence-corrected chi connectivity index (χ2v) is 9.01. The highest BCUT2D eigenvalue weighted by atomic mass is 16.5. The van der Waals surface area contributed by atoms with E-state index in [-0.39, 0.29) is 30.9 Å². The topological polar surface area (TPSA) is 108 Å². The SMILES string of the molecule is CC[C@@]12CCC3(O1)C(C(=O)Nc1cc(C)ccc1C)N(CCO)C(=O)[C@@H]3[C@@H]2C(=O)NC. The average Bonchev–Trinajstić information content (AvgIpc) is 3.34. The van der Waals surface area contributed by atoms with Crippen LogP contribution in [0.25, 0.3) is 0 Å². The predicted molar refractivity (Wildman–Crippen MR) is 114 cm³/mol.